The molecule has 1 saturated carbocycles. The quantitative estimate of drug-likeness (QED) is 0.873. The molecule has 1 aliphatic carbocycles. The summed E-state index contributed by atoms with van der Waals surface area (Å²) in [4.78, 5) is 20.5. The molecule has 2 fully saturated rings. The third-order valence-corrected chi connectivity index (χ3v) is 4.04. The third kappa shape index (κ3) is 2.53. The molecule has 19 heavy (non-hydrogen) atoms. The molecule has 2 heterocycles. The largest absolute Gasteiger partial charge is 0.353 e. The van der Waals surface area contributed by atoms with Crippen molar-refractivity contribution in [1.29, 1.82) is 0 Å². The number of amides is 1. The maximum atomic E-state index is 12.1. The van der Waals surface area contributed by atoms with Crippen LogP contribution in [0.2, 0.25) is 5.02 Å². The van der Waals surface area contributed by atoms with Gasteiger partial charge in [0.2, 0.25) is 5.91 Å². The summed E-state index contributed by atoms with van der Waals surface area (Å²) in [5.74, 6) is 1.02. The average Bonchev–Trinajstić information content (AvgIpc) is 3.18. The number of hydrogen-bond acceptors (Lipinski definition) is 4. The minimum atomic E-state index is -0.555. The number of nitrogens with two attached hydrogens (primary N) is 1. The molecule has 6 heteroatoms. The van der Waals surface area contributed by atoms with E-state index in [1.807, 2.05) is 17.0 Å². The molecule has 1 saturated heterocycles. The first-order chi connectivity index (χ1) is 9.08. The van der Waals surface area contributed by atoms with Gasteiger partial charge in [0.25, 0.3) is 0 Å². The first-order valence-corrected chi connectivity index (χ1v) is 6.91. The molecular formula is C13H17ClN4O. The van der Waals surface area contributed by atoms with E-state index in [0.717, 1.165) is 31.7 Å². The van der Waals surface area contributed by atoms with Gasteiger partial charge in [0.05, 0.1) is 10.6 Å². The van der Waals surface area contributed by atoms with Gasteiger partial charge in [-0.25, -0.2) is 4.98 Å². The lowest BCUT2D eigenvalue weighted by molar-refractivity contribution is -0.133. The van der Waals surface area contributed by atoms with Crippen molar-refractivity contribution in [3.05, 3.63) is 23.4 Å². The van der Waals surface area contributed by atoms with Gasteiger partial charge in [-0.2, -0.15) is 0 Å². The van der Waals surface area contributed by atoms with Gasteiger partial charge in [-0.1, -0.05) is 11.6 Å². The van der Waals surface area contributed by atoms with Crippen molar-refractivity contribution >= 4 is 23.3 Å². The summed E-state index contributed by atoms with van der Waals surface area (Å²) >= 11 is 5.82. The Labute approximate surface area is 117 Å². The summed E-state index contributed by atoms with van der Waals surface area (Å²) < 4.78 is 0. The van der Waals surface area contributed by atoms with E-state index in [9.17, 15) is 4.79 Å². The Kier molecular flexibility index (Phi) is 3.11. The fourth-order valence-corrected chi connectivity index (χ4v) is 2.47. The van der Waals surface area contributed by atoms with E-state index in [-0.39, 0.29) is 5.91 Å². The fraction of sp³-hybridized carbons (Fsp3) is 0.538. The maximum Gasteiger partial charge on any atom is 0.242 e. The highest BCUT2D eigenvalue weighted by atomic mass is 35.5. The molecular weight excluding hydrogens is 264 g/mol. The van der Waals surface area contributed by atoms with Gasteiger partial charge in [-0.15, -0.1) is 0 Å². The Balaban J connectivity index is 1.60. The summed E-state index contributed by atoms with van der Waals surface area (Å²) in [6.07, 6.45) is 3.29. The smallest absolute Gasteiger partial charge is 0.242 e. The van der Waals surface area contributed by atoms with Gasteiger partial charge < -0.3 is 15.5 Å². The van der Waals surface area contributed by atoms with Crippen LogP contribution < -0.4 is 10.6 Å². The van der Waals surface area contributed by atoms with Gasteiger partial charge in [-0.05, 0) is 25.0 Å². The molecule has 102 valence electrons. The molecule has 5 nitrogen and oxygen atoms in total. The first kappa shape index (κ1) is 12.7. The fourth-order valence-electron chi connectivity index (χ4n) is 2.36. The number of carbonyl (C=O) groups excluding carboxylic acids is 1. The zero-order chi connectivity index (χ0) is 13.5. The van der Waals surface area contributed by atoms with Crippen LogP contribution in [0.5, 0.6) is 0 Å². The van der Waals surface area contributed by atoms with Crippen molar-refractivity contribution < 1.29 is 4.79 Å². The minimum Gasteiger partial charge on any atom is -0.353 e. The highest BCUT2D eigenvalue weighted by molar-refractivity contribution is 6.30. The summed E-state index contributed by atoms with van der Waals surface area (Å²) in [5, 5.41) is 0.636. The van der Waals surface area contributed by atoms with Crippen LogP contribution >= 0.6 is 11.6 Å². The molecule has 3 rings (SSSR count). The molecule has 0 radical (unpaired) electrons. The second-order valence-electron chi connectivity index (χ2n) is 5.27. The SMILES string of the molecule is NC1(C(=O)N2CCN(c3ccc(Cl)cn3)CC2)CC1. The predicted octanol–water partition coefficient (Wildman–Crippen LogP) is 0.875. The third-order valence-electron chi connectivity index (χ3n) is 3.82. The van der Waals surface area contributed by atoms with Crippen molar-refractivity contribution in [2.24, 2.45) is 5.73 Å². The van der Waals surface area contributed by atoms with Crippen molar-refractivity contribution in [3.8, 4) is 0 Å². The Morgan fingerprint density at radius 1 is 1.26 bits per heavy atom. The van der Waals surface area contributed by atoms with E-state index in [4.69, 9.17) is 17.3 Å². The topological polar surface area (TPSA) is 62.5 Å². The lowest BCUT2D eigenvalue weighted by atomic mass is 10.2. The van der Waals surface area contributed by atoms with Gasteiger partial charge in [0.1, 0.15) is 5.82 Å². The normalized spacial score (nSPS) is 21.4. The van der Waals surface area contributed by atoms with Crippen LogP contribution in [0.3, 0.4) is 0 Å². The number of piperazine rings is 1. The van der Waals surface area contributed by atoms with Crippen LogP contribution in [-0.2, 0) is 4.79 Å². The Morgan fingerprint density at radius 3 is 2.47 bits per heavy atom. The summed E-state index contributed by atoms with van der Waals surface area (Å²) in [7, 11) is 0. The zero-order valence-electron chi connectivity index (χ0n) is 10.7. The van der Waals surface area contributed by atoms with Crippen LogP contribution in [0, 0.1) is 0 Å². The van der Waals surface area contributed by atoms with E-state index in [1.165, 1.54) is 0 Å². The maximum absolute atomic E-state index is 12.1. The highest BCUT2D eigenvalue weighted by Gasteiger charge is 2.48. The molecule has 1 amide bonds. The molecule has 0 aromatic carbocycles. The molecule has 0 spiro atoms. The lowest BCUT2D eigenvalue weighted by Crippen LogP contribution is -2.54. The molecule has 1 aromatic rings. The first-order valence-electron chi connectivity index (χ1n) is 6.53. The zero-order valence-corrected chi connectivity index (χ0v) is 11.4. The lowest BCUT2D eigenvalue weighted by Gasteiger charge is -2.36. The van der Waals surface area contributed by atoms with E-state index in [1.54, 1.807) is 6.20 Å². The number of carbonyl (C=O) groups is 1. The highest BCUT2D eigenvalue weighted by Crippen LogP contribution is 2.34. The standard InChI is InChI=1S/C13H17ClN4O/c14-10-1-2-11(16-9-10)17-5-7-18(8-6-17)12(19)13(15)3-4-13/h1-2,9H,3-8,15H2. The number of pyridine rings is 1. The Morgan fingerprint density at radius 2 is 1.95 bits per heavy atom. The van der Waals surface area contributed by atoms with Gasteiger partial charge in [-0.3, -0.25) is 4.79 Å². The number of aromatic nitrogens is 1. The molecule has 2 N–H and O–H groups in total. The van der Waals surface area contributed by atoms with E-state index < -0.39 is 5.54 Å². The van der Waals surface area contributed by atoms with E-state index >= 15 is 0 Å². The molecule has 0 bridgehead atoms. The average molecular weight is 281 g/mol. The van der Waals surface area contributed by atoms with Crippen LogP contribution in [0.4, 0.5) is 5.82 Å². The molecule has 2 aliphatic rings. The van der Waals surface area contributed by atoms with E-state index in [2.05, 4.69) is 9.88 Å². The molecule has 1 aromatic heterocycles. The van der Waals surface area contributed by atoms with Crippen molar-refractivity contribution in [1.82, 2.24) is 9.88 Å². The van der Waals surface area contributed by atoms with Gasteiger partial charge >= 0.3 is 0 Å². The number of nitrogens with zero attached hydrogens (tertiary/aromatic N) is 3. The van der Waals surface area contributed by atoms with Crippen molar-refractivity contribution in [3.63, 3.8) is 0 Å². The molecule has 0 unspecified atom stereocenters. The number of hydrogen-bond donors (Lipinski definition) is 1. The van der Waals surface area contributed by atoms with Crippen LogP contribution in [0.25, 0.3) is 0 Å². The monoisotopic (exact) mass is 280 g/mol. The number of anilines is 1. The number of rotatable bonds is 2. The van der Waals surface area contributed by atoms with E-state index in [0.29, 0.717) is 18.1 Å². The minimum absolute atomic E-state index is 0.108. The summed E-state index contributed by atoms with van der Waals surface area (Å²) in [6.45, 7) is 3.00. The van der Waals surface area contributed by atoms with Crippen LogP contribution in [0.15, 0.2) is 18.3 Å². The molecule has 1 aliphatic heterocycles. The number of halogens is 1. The Bertz CT molecular complexity index is 478. The van der Waals surface area contributed by atoms with Crippen molar-refractivity contribution in [2.75, 3.05) is 31.1 Å². The summed E-state index contributed by atoms with van der Waals surface area (Å²) in [5.41, 5.74) is 5.40. The summed E-state index contributed by atoms with van der Waals surface area (Å²) in [6, 6.07) is 3.74. The van der Waals surface area contributed by atoms with Crippen molar-refractivity contribution in [2.45, 2.75) is 18.4 Å². The predicted molar refractivity (Wildman–Crippen MR) is 74.2 cm³/mol. The van der Waals surface area contributed by atoms with Gasteiger partial charge in [0, 0.05) is 32.4 Å². The van der Waals surface area contributed by atoms with Gasteiger partial charge in [0.15, 0.2) is 0 Å². The van der Waals surface area contributed by atoms with Crippen LogP contribution in [0.1, 0.15) is 12.8 Å². The Hall–Kier alpha value is -1.33. The second-order valence-corrected chi connectivity index (χ2v) is 5.71. The molecule has 0 atom stereocenters. The van der Waals surface area contributed by atoms with Crippen LogP contribution in [-0.4, -0.2) is 47.5 Å². The second kappa shape index (κ2) is 4.65.